The predicted molar refractivity (Wildman–Crippen MR) is 98.7 cm³/mol. The number of methoxy groups -OCH3 is 1. The Bertz CT molecular complexity index is 950. The van der Waals surface area contributed by atoms with E-state index < -0.39 is 5.82 Å². The van der Waals surface area contributed by atoms with Gasteiger partial charge in [0.15, 0.2) is 5.82 Å². The summed E-state index contributed by atoms with van der Waals surface area (Å²) in [6.07, 6.45) is 1.35. The lowest BCUT2D eigenvalue weighted by atomic mass is 10.0. The Morgan fingerprint density at radius 1 is 1.12 bits per heavy atom. The Labute approximate surface area is 154 Å². The van der Waals surface area contributed by atoms with Crippen LogP contribution in [0.15, 0.2) is 60.8 Å². The molecule has 3 rings (SSSR count). The second kappa shape index (κ2) is 7.84. The zero-order valence-electron chi connectivity index (χ0n) is 13.8. The van der Waals surface area contributed by atoms with Crippen LogP contribution in [0.4, 0.5) is 10.1 Å². The number of carbonyl (C=O) groups is 1. The summed E-state index contributed by atoms with van der Waals surface area (Å²) in [5.41, 5.74) is 7.63. The number of hydrazine groups is 1. The molecular weight excluding hydrogens is 357 g/mol. The summed E-state index contributed by atoms with van der Waals surface area (Å²) in [5, 5.41) is 0.619. The predicted octanol–water partition coefficient (Wildman–Crippen LogP) is 4.31. The average Bonchev–Trinajstić information content (AvgIpc) is 2.66. The number of ether oxygens (including phenoxy) is 1. The van der Waals surface area contributed by atoms with Gasteiger partial charge in [0.1, 0.15) is 0 Å². The van der Waals surface area contributed by atoms with Crippen molar-refractivity contribution in [2.75, 3.05) is 12.5 Å². The quantitative estimate of drug-likeness (QED) is 0.656. The molecule has 5 nitrogen and oxygen atoms in total. The van der Waals surface area contributed by atoms with Gasteiger partial charge in [0, 0.05) is 16.7 Å². The highest BCUT2D eigenvalue weighted by atomic mass is 35.5. The van der Waals surface area contributed by atoms with Crippen LogP contribution in [0, 0.1) is 5.82 Å². The fourth-order valence-corrected chi connectivity index (χ4v) is 2.54. The lowest BCUT2D eigenvalue weighted by molar-refractivity contribution is 0.0962. The van der Waals surface area contributed by atoms with E-state index >= 15 is 0 Å². The van der Waals surface area contributed by atoms with E-state index in [1.807, 2.05) is 24.3 Å². The minimum atomic E-state index is -0.630. The minimum absolute atomic E-state index is 0.115. The maximum Gasteiger partial charge on any atom is 0.269 e. The molecule has 0 radical (unpaired) electrons. The second-order valence-corrected chi connectivity index (χ2v) is 5.82. The summed E-state index contributed by atoms with van der Waals surface area (Å²) < 4.78 is 18.4. The smallest absolute Gasteiger partial charge is 0.269 e. The SMILES string of the molecule is COc1ncc(NNC(=O)c2cccc(-c3cccc(Cl)c3)c2)cc1F. The molecule has 7 heteroatoms. The Morgan fingerprint density at radius 3 is 2.54 bits per heavy atom. The first-order chi connectivity index (χ1) is 12.6. The molecule has 1 amide bonds. The number of carbonyl (C=O) groups excluding carboxylic acids is 1. The number of benzene rings is 2. The molecule has 0 unspecified atom stereocenters. The lowest BCUT2D eigenvalue weighted by Gasteiger charge is -2.10. The highest BCUT2D eigenvalue weighted by Gasteiger charge is 2.09. The first-order valence-corrected chi connectivity index (χ1v) is 8.06. The third-order valence-corrected chi connectivity index (χ3v) is 3.84. The second-order valence-electron chi connectivity index (χ2n) is 5.39. The number of amides is 1. The van der Waals surface area contributed by atoms with Crippen LogP contribution in [0.5, 0.6) is 5.88 Å². The normalized spacial score (nSPS) is 10.3. The number of pyridine rings is 1. The van der Waals surface area contributed by atoms with Gasteiger partial charge in [-0.2, -0.15) is 0 Å². The molecule has 1 aromatic heterocycles. The third-order valence-electron chi connectivity index (χ3n) is 3.60. The Balaban J connectivity index is 1.72. The number of halogens is 2. The molecule has 2 N–H and O–H groups in total. The highest BCUT2D eigenvalue weighted by molar-refractivity contribution is 6.30. The van der Waals surface area contributed by atoms with Gasteiger partial charge in [-0.25, -0.2) is 9.37 Å². The fraction of sp³-hybridized carbons (Fsp3) is 0.0526. The topological polar surface area (TPSA) is 63.2 Å². The molecule has 132 valence electrons. The molecule has 0 fully saturated rings. The average molecular weight is 372 g/mol. The Kier molecular flexibility index (Phi) is 5.34. The zero-order valence-corrected chi connectivity index (χ0v) is 14.5. The number of hydrogen-bond acceptors (Lipinski definition) is 4. The highest BCUT2D eigenvalue weighted by Crippen LogP contribution is 2.23. The van der Waals surface area contributed by atoms with Gasteiger partial charge in [0.05, 0.1) is 19.0 Å². The van der Waals surface area contributed by atoms with Crippen LogP contribution < -0.4 is 15.6 Å². The lowest BCUT2D eigenvalue weighted by Crippen LogP contribution is -2.29. The van der Waals surface area contributed by atoms with Crippen LogP contribution in [-0.2, 0) is 0 Å². The molecule has 2 aromatic carbocycles. The first kappa shape index (κ1) is 17.7. The van der Waals surface area contributed by atoms with Crippen LogP contribution in [0.1, 0.15) is 10.4 Å². The first-order valence-electron chi connectivity index (χ1n) is 7.69. The summed E-state index contributed by atoms with van der Waals surface area (Å²) in [4.78, 5) is 16.1. The molecule has 3 aromatic rings. The van der Waals surface area contributed by atoms with Crippen LogP contribution in [0.2, 0.25) is 5.02 Å². The van der Waals surface area contributed by atoms with E-state index in [1.165, 1.54) is 19.4 Å². The van der Waals surface area contributed by atoms with Gasteiger partial charge in [-0.1, -0.05) is 35.9 Å². The molecule has 0 aliphatic carbocycles. The van der Waals surface area contributed by atoms with Crippen molar-refractivity contribution in [3.8, 4) is 17.0 Å². The van der Waals surface area contributed by atoms with E-state index in [2.05, 4.69) is 15.8 Å². The molecule has 26 heavy (non-hydrogen) atoms. The van der Waals surface area contributed by atoms with Gasteiger partial charge in [-0.15, -0.1) is 0 Å². The largest absolute Gasteiger partial charge is 0.479 e. The summed E-state index contributed by atoms with van der Waals surface area (Å²) in [5.74, 6) is -1.11. The van der Waals surface area contributed by atoms with Gasteiger partial charge >= 0.3 is 0 Å². The van der Waals surface area contributed by atoms with E-state index in [9.17, 15) is 9.18 Å². The number of hydrogen-bond donors (Lipinski definition) is 2. The number of rotatable bonds is 5. The van der Waals surface area contributed by atoms with Gasteiger partial charge in [-0.3, -0.25) is 15.6 Å². The summed E-state index contributed by atoms with van der Waals surface area (Å²) >= 11 is 6.01. The molecule has 0 bridgehead atoms. The summed E-state index contributed by atoms with van der Waals surface area (Å²) in [6, 6.07) is 15.6. The van der Waals surface area contributed by atoms with Gasteiger partial charge < -0.3 is 4.74 Å². The van der Waals surface area contributed by atoms with Gasteiger partial charge in [-0.05, 0) is 35.4 Å². The molecule has 0 atom stereocenters. The fourth-order valence-electron chi connectivity index (χ4n) is 2.35. The molecule has 0 aliphatic heterocycles. The van der Waals surface area contributed by atoms with Crippen LogP contribution >= 0.6 is 11.6 Å². The van der Waals surface area contributed by atoms with Crippen molar-refractivity contribution in [3.05, 3.63) is 77.2 Å². The maximum absolute atomic E-state index is 13.6. The van der Waals surface area contributed by atoms with Gasteiger partial charge in [0.2, 0.25) is 5.88 Å². The van der Waals surface area contributed by atoms with E-state index in [-0.39, 0.29) is 11.8 Å². The Hall–Kier alpha value is -3.12. The van der Waals surface area contributed by atoms with Crippen LogP contribution in [0.25, 0.3) is 11.1 Å². The molecule has 0 aliphatic rings. The van der Waals surface area contributed by atoms with Crippen molar-refractivity contribution < 1.29 is 13.9 Å². The third kappa shape index (κ3) is 4.10. The van der Waals surface area contributed by atoms with E-state index in [0.29, 0.717) is 16.3 Å². The number of aromatic nitrogens is 1. The van der Waals surface area contributed by atoms with E-state index in [0.717, 1.165) is 11.1 Å². The number of nitrogens with one attached hydrogen (secondary N) is 2. The molecule has 0 saturated carbocycles. The van der Waals surface area contributed by atoms with Crippen molar-refractivity contribution in [1.29, 1.82) is 0 Å². The number of anilines is 1. The molecule has 1 heterocycles. The standard InChI is InChI=1S/C19H15ClFN3O2/c1-26-19-17(21)10-16(11-22-19)23-24-18(25)14-6-2-4-12(8-14)13-5-3-7-15(20)9-13/h2-11,23H,1H3,(H,24,25). The zero-order chi connectivity index (χ0) is 18.5. The van der Waals surface area contributed by atoms with E-state index in [1.54, 1.807) is 24.3 Å². The number of nitrogens with zero attached hydrogens (tertiary/aromatic N) is 1. The van der Waals surface area contributed by atoms with Crippen molar-refractivity contribution in [3.63, 3.8) is 0 Å². The minimum Gasteiger partial charge on any atom is -0.479 e. The van der Waals surface area contributed by atoms with Crippen LogP contribution in [-0.4, -0.2) is 18.0 Å². The molecular formula is C19H15ClFN3O2. The van der Waals surface area contributed by atoms with E-state index in [4.69, 9.17) is 16.3 Å². The molecule has 0 saturated heterocycles. The van der Waals surface area contributed by atoms with Crippen LogP contribution in [0.3, 0.4) is 0 Å². The van der Waals surface area contributed by atoms with Crippen molar-refractivity contribution in [1.82, 2.24) is 10.4 Å². The Morgan fingerprint density at radius 2 is 1.85 bits per heavy atom. The molecule has 0 spiro atoms. The summed E-state index contributed by atoms with van der Waals surface area (Å²) in [7, 11) is 1.33. The van der Waals surface area contributed by atoms with Crippen molar-refractivity contribution in [2.45, 2.75) is 0 Å². The monoisotopic (exact) mass is 371 g/mol. The van der Waals surface area contributed by atoms with Gasteiger partial charge in [0.25, 0.3) is 5.91 Å². The maximum atomic E-state index is 13.6. The summed E-state index contributed by atoms with van der Waals surface area (Å²) in [6.45, 7) is 0. The van der Waals surface area contributed by atoms with Crippen molar-refractivity contribution in [2.24, 2.45) is 0 Å². The van der Waals surface area contributed by atoms with Crippen molar-refractivity contribution >= 4 is 23.2 Å².